The molecule has 0 spiro atoms. The Labute approximate surface area is 208 Å². The summed E-state index contributed by atoms with van der Waals surface area (Å²) in [7, 11) is 3.40. The van der Waals surface area contributed by atoms with Gasteiger partial charge in [0, 0.05) is 32.9 Å². The second-order valence-electron chi connectivity index (χ2n) is 8.73. The Morgan fingerprint density at radius 1 is 1.25 bits per heavy atom. The van der Waals surface area contributed by atoms with Crippen LogP contribution in [0.25, 0.3) is 17.1 Å². The second kappa shape index (κ2) is 9.98. The third-order valence-electron chi connectivity index (χ3n) is 6.17. The number of amides is 3. The first kappa shape index (κ1) is 24.6. The molecule has 0 bridgehead atoms. The van der Waals surface area contributed by atoms with Gasteiger partial charge in [-0.25, -0.2) is 14.6 Å². The van der Waals surface area contributed by atoms with E-state index < -0.39 is 5.91 Å². The van der Waals surface area contributed by atoms with Crippen molar-refractivity contribution in [3.8, 4) is 0 Å². The molecule has 3 N–H and O–H groups in total. The molecular weight excluding hydrogens is 460 g/mol. The Morgan fingerprint density at radius 3 is 2.72 bits per heavy atom. The maximum absolute atomic E-state index is 13.4. The minimum absolute atomic E-state index is 0.0328. The van der Waals surface area contributed by atoms with Crippen molar-refractivity contribution in [2.75, 3.05) is 38.2 Å². The zero-order valence-electron chi connectivity index (χ0n) is 20.3. The van der Waals surface area contributed by atoms with Crippen LogP contribution < -0.4 is 11.1 Å². The van der Waals surface area contributed by atoms with Crippen molar-refractivity contribution in [1.29, 1.82) is 0 Å². The van der Waals surface area contributed by atoms with E-state index in [4.69, 9.17) is 5.73 Å². The Hall–Kier alpha value is -4.54. The van der Waals surface area contributed by atoms with E-state index in [1.807, 2.05) is 6.07 Å². The number of nitrogens with one attached hydrogen (secondary N) is 1. The molecule has 3 aromatic rings. The number of nitrogens with zero attached hydrogens (tertiary/aromatic N) is 6. The predicted octanol–water partition coefficient (Wildman–Crippen LogP) is 1.89. The fourth-order valence-corrected chi connectivity index (χ4v) is 4.20. The molecule has 0 radical (unpaired) electrons. The predicted molar refractivity (Wildman–Crippen MR) is 137 cm³/mol. The number of rotatable bonds is 7. The first-order valence-electron chi connectivity index (χ1n) is 11.4. The normalized spacial score (nSPS) is 15.1. The van der Waals surface area contributed by atoms with Gasteiger partial charge in [0.15, 0.2) is 11.3 Å². The van der Waals surface area contributed by atoms with Gasteiger partial charge in [0.05, 0.1) is 17.8 Å². The molecule has 11 nitrogen and oxygen atoms in total. The molecule has 1 atom stereocenters. The second-order valence-corrected chi connectivity index (χ2v) is 8.73. The van der Waals surface area contributed by atoms with Crippen molar-refractivity contribution in [3.63, 3.8) is 0 Å². The number of benzene rings is 1. The molecular formula is C25H28N8O3. The Balaban J connectivity index is 1.65. The molecule has 36 heavy (non-hydrogen) atoms. The van der Waals surface area contributed by atoms with E-state index >= 15 is 0 Å². The zero-order chi connectivity index (χ0) is 26.0. The lowest BCUT2D eigenvalue weighted by Gasteiger charge is -2.14. The standard InChI is InChI=1S/C25H28N8O3/c1-5-16-11-15(12-20(35)31(3)4)7-8-18(16)29-25(36)22-21-23(26)27-14-28-24(21)33(30-22)17-9-10-32(13-17)19(34)6-2/h5-8,11,14,17H,1-2,9-10,12-13H2,3-4H3,(H,29,36)(H2,26,27,28)/t17-/m1/s1. The maximum Gasteiger partial charge on any atom is 0.277 e. The van der Waals surface area contributed by atoms with Gasteiger partial charge in [0.2, 0.25) is 11.8 Å². The number of hydrogen-bond donors (Lipinski definition) is 2. The number of fused-ring (bicyclic) bond motifs is 1. The average molecular weight is 489 g/mol. The van der Waals surface area contributed by atoms with Gasteiger partial charge in [-0.3, -0.25) is 14.4 Å². The van der Waals surface area contributed by atoms with Crippen LogP contribution in [-0.2, 0) is 16.0 Å². The minimum Gasteiger partial charge on any atom is -0.383 e. The van der Waals surface area contributed by atoms with E-state index in [2.05, 4.69) is 33.5 Å². The molecule has 1 saturated heterocycles. The van der Waals surface area contributed by atoms with Crippen LogP contribution in [0.4, 0.5) is 11.5 Å². The number of nitrogen functional groups attached to an aromatic ring is 1. The van der Waals surface area contributed by atoms with Gasteiger partial charge in [0.1, 0.15) is 12.1 Å². The zero-order valence-corrected chi connectivity index (χ0v) is 20.3. The number of carbonyl (C=O) groups is 3. The third-order valence-corrected chi connectivity index (χ3v) is 6.17. The molecule has 1 aliphatic heterocycles. The van der Waals surface area contributed by atoms with Gasteiger partial charge in [-0.15, -0.1) is 0 Å². The average Bonchev–Trinajstić information content (AvgIpc) is 3.50. The highest BCUT2D eigenvalue weighted by atomic mass is 16.2. The maximum atomic E-state index is 13.4. The summed E-state index contributed by atoms with van der Waals surface area (Å²) in [6.45, 7) is 8.34. The van der Waals surface area contributed by atoms with Crippen molar-refractivity contribution in [3.05, 3.63) is 60.6 Å². The molecule has 1 aromatic carbocycles. The van der Waals surface area contributed by atoms with Crippen LogP contribution in [0, 0.1) is 0 Å². The van der Waals surface area contributed by atoms with Crippen molar-refractivity contribution >= 4 is 46.3 Å². The highest BCUT2D eigenvalue weighted by Gasteiger charge is 2.31. The number of aromatic nitrogens is 4. The highest BCUT2D eigenvalue weighted by molar-refractivity contribution is 6.13. The molecule has 0 unspecified atom stereocenters. The van der Waals surface area contributed by atoms with Crippen LogP contribution in [-0.4, -0.2) is 74.5 Å². The van der Waals surface area contributed by atoms with Crippen LogP contribution in [0.1, 0.15) is 34.1 Å². The third kappa shape index (κ3) is 4.67. The quantitative estimate of drug-likeness (QED) is 0.484. The molecule has 3 amide bonds. The summed E-state index contributed by atoms with van der Waals surface area (Å²) in [4.78, 5) is 49.1. The minimum atomic E-state index is -0.488. The summed E-state index contributed by atoms with van der Waals surface area (Å²) in [5, 5.41) is 7.78. The SMILES string of the molecule is C=CC(=O)N1CC[C@@H](n2nc(C(=O)Nc3ccc(CC(=O)N(C)C)cc3C=C)c3c(N)ncnc32)C1. The summed E-state index contributed by atoms with van der Waals surface area (Å²) in [5.41, 5.74) is 8.61. The van der Waals surface area contributed by atoms with Crippen molar-refractivity contribution in [2.24, 2.45) is 0 Å². The number of likely N-dealkylation sites (tertiary alicyclic amines) is 1. The Kier molecular flexibility index (Phi) is 6.82. The fraction of sp³-hybridized carbons (Fsp3) is 0.280. The number of carbonyl (C=O) groups excluding carboxylic acids is 3. The van der Waals surface area contributed by atoms with Crippen LogP contribution in [0.3, 0.4) is 0 Å². The molecule has 1 aliphatic rings. The van der Waals surface area contributed by atoms with Crippen molar-refractivity contribution < 1.29 is 14.4 Å². The van der Waals surface area contributed by atoms with Gasteiger partial charge in [-0.2, -0.15) is 5.10 Å². The lowest BCUT2D eigenvalue weighted by molar-refractivity contribution is -0.128. The van der Waals surface area contributed by atoms with E-state index in [9.17, 15) is 14.4 Å². The summed E-state index contributed by atoms with van der Waals surface area (Å²) in [6, 6.07) is 5.13. The number of hydrogen-bond acceptors (Lipinski definition) is 7. The Bertz CT molecular complexity index is 1380. The largest absolute Gasteiger partial charge is 0.383 e. The van der Waals surface area contributed by atoms with E-state index in [0.717, 1.165) is 5.56 Å². The van der Waals surface area contributed by atoms with E-state index in [1.165, 1.54) is 17.3 Å². The first-order chi connectivity index (χ1) is 17.2. The fourth-order valence-electron chi connectivity index (χ4n) is 4.20. The monoisotopic (exact) mass is 488 g/mol. The smallest absolute Gasteiger partial charge is 0.277 e. The molecule has 186 valence electrons. The van der Waals surface area contributed by atoms with Gasteiger partial charge in [-0.1, -0.05) is 25.3 Å². The Morgan fingerprint density at radius 2 is 2.03 bits per heavy atom. The number of nitrogens with two attached hydrogens (primary N) is 1. The van der Waals surface area contributed by atoms with Crippen LogP contribution in [0.15, 0.2) is 43.8 Å². The van der Waals surface area contributed by atoms with Crippen LogP contribution in [0.2, 0.25) is 0 Å². The van der Waals surface area contributed by atoms with E-state index in [0.29, 0.717) is 41.8 Å². The lowest BCUT2D eigenvalue weighted by atomic mass is 10.1. The van der Waals surface area contributed by atoms with Crippen molar-refractivity contribution in [1.82, 2.24) is 29.5 Å². The van der Waals surface area contributed by atoms with Crippen LogP contribution >= 0.6 is 0 Å². The first-order valence-corrected chi connectivity index (χ1v) is 11.4. The van der Waals surface area contributed by atoms with Gasteiger partial charge >= 0.3 is 0 Å². The van der Waals surface area contributed by atoms with Gasteiger partial charge in [-0.05, 0) is 35.8 Å². The lowest BCUT2D eigenvalue weighted by Crippen LogP contribution is -2.27. The molecule has 2 aromatic heterocycles. The summed E-state index contributed by atoms with van der Waals surface area (Å²) in [6.07, 6.45) is 5.09. The topological polar surface area (TPSA) is 139 Å². The highest BCUT2D eigenvalue weighted by Crippen LogP contribution is 2.29. The van der Waals surface area contributed by atoms with Crippen LogP contribution in [0.5, 0.6) is 0 Å². The van der Waals surface area contributed by atoms with E-state index in [-0.39, 0.29) is 35.8 Å². The number of anilines is 2. The molecule has 11 heteroatoms. The van der Waals surface area contributed by atoms with Gasteiger partial charge < -0.3 is 20.9 Å². The number of likely N-dealkylation sites (N-methyl/N-ethyl adjacent to an activating group) is 1. The molecule has 0 saturated carbocycles. The van der Waals surface area contributed by atoms with Crippen molar-refractivity contribution in [2.45, 2.75) is 18.9 Å². The van der Waals surface area contributed by atoms with Gasteiger partial charge in [0.25, 0.3) is 5.91 Å². The summed E-state index contributed by atoms with van der Waals surface area (Å²) >= 11 is 0. The summed E-state index contributed by atoms with van der Waals surface area (Å²) in [5.74, 6) is -0.546. The molecule has 1 fully saturated rings. The van der Waals surface area contributed by atoms with E-state index in [1.54, 1.807) is 41.9 Å². The molecule has 0 aliphatic carbocycles. The summed E-state index contributed by atoms with van der Waals surface area (Å²) < 4.78 is 1.64. The molecule has 3 heterocycles. The molecule has 4 rings (SSSR count).